The molecule has 168 valence electrons. The van der Waals surface area contributed by atoms with Gasteiger partial charge in [0, 0.05) is 12.1 Å². The molecule has 2 aromatic carbocycles. The summed E-state index contributed by atoms with van der Waals surface area (Å²) in [5.41, 5.74) is 2.12. The van der Waals surface area contributed by atoms with E-state index < -0.39 is 0 Å². The predicted molar refractivity (Wildman–Crippen MR) is 122 cm³/mol. The maximum Gasteiger partial charge on any atom is 0.241 e. The molecule has 1 N–H and O–H groups in total. The molecule has 1 saturated heterocycles. The third kappa shape index (κ3) is 5.95. The van der Waals surface area contributed by atoms with Crippen LogP contribution in [0.25, 0.3) is 11.4 Å². The van der Waals surface area contributed by atoms with Gasteiger partial charge in [0.2, 0.25) is 17.6 Å². The first-order valence-corrected chi connectivity index (χ1v) is 11.2. The average Bonchev–Trinajstić information content (AvgIpc) is 3.28. The van der Waals surface area contributed by atoms with Gasteiger partial charge in [0.05, 0.1) is 18.5 Å². The molecule has 1 aliphatic rings. The third-order valence-corrected chi connectivity index (χ3v) is 5.64. The molecule has 3 aromatic rings. The Morgan fingerprint density at radius 1 is 1.22 bits per heavy atom. The molecule has 1 aromatic heterocycles. The van der Waals surface area contributed by atoms with Gasteiger partial charge in [-0.05, 0) is 45.4 Å². The lowest BCUT2D eigenvalue weighted by Gasteiger charge is -2.31. The minimum Gasteiger partial charge on any atom is -0.491 e. The number of nitrogens with zero attached hydrogens (tertiary/aromatic N) is 3. The number of hydrogen-bond donors (Lipinski definition) is 1. The highest BCUT2D eigenvalue weighted by molar-refractivity contribution is 5.79. The van der Waals surface area contributed by atoms with E-state index in [2.05, 4.69) is 20.4 Å². The Balaban J connectivity index is 1.25. The van der Waals surface area contributed by atoms with Crippen molar-refractivity contribution in [2.75, 3.05) is 19.7 Å². The van der Waals surface area contributed by atoms with Crippen LogP contribution in [0.3, 0.4) is 0 Å². The largest absolute Gasteiger partial charge is 0.491 e. The first-order chi connectivity index (χ1) is 15.6. The van der Waals surface area contributed by atoms with Gasteiger partial charge in [0.1, 0.15) is 12.4 Å². The van der Waals surface area contributed by atoms with Crippen LogP contribution in [0.1, 0.15) is 31.2 Å². The van der Waals surface area contributed by atoms with Crippen LogP contribution in [0.5, 0.6) is 5.75 Å². The SMILES string of the molecule is Cc1ccc(OCC(C)NC(=O)C2CCCN(Cc3nc(-c4ccccc4)no3)C2)cc1. The van der Waals surface area contributed by atoms with Crippen molar-refractivity contribution in [1.82, 2.24) is 20.4 Å². The molecule has 0 aliphatic carbocycles. The molecule has 7 nitrogen and oxygen atoms in total. The van der Waals surface area contributed by atoms with Crippen molar-refractivity contribution in [3.63, 3.8) is 0 Å². The number of piperidine rings is 1. The number of carbonyl (C=O) groups excluding carboxylic acids is 1. The normalized spacial score (nSPS) is 17.6. The van der Waals surface area contributed by atoms with Crippen LogP contribution < -0.4 is 10.1 Å². The minimum absolute atomic E-state index is 0.0536. The van der Waals surface area contributed by atoms with Crippen molar-refractivity contribution in [3.8, 4) is 17.1 Å². The first kappa shape index (κ1) is 22.0. The standard InChI is InChI=1S/C25H30N4O3/c1-18-10-12-22(13-11-18)31-17-19(2)26-25(30)21-9-6-14-29(15-21)16-23-27-24(28-32-23)20-7-4-3-5-8-20/h3-5,7-8,10-13,19,21H,6,9,14-17H2,1-2H3,(H,26,30). The molecule has 1 aliphatic heterocycles. The van der Waals surface area contributed by atoms with Crippen LogP contribution in [0.2, 0.25) is 0 Å². The molecule has 1 amide bonds. The van der Waals surface area contributed by atoms with Gasteiger partial charge in [-0.2, -0.15) is 4.98 Å². The second-order valence-electron chi connectivity index (χ2n) is 8.49. The van der Waals surface area contributed by atoms with E-state index in [-0.39, 0.29) is 17.9 Å². The van der Waals surface area contributed by atoms with Gasteiger partial charge in [0.15, 0.2) is 0 Å². The van der Waals surface area contributed by atoms with Gasteiger partial charge < -0.3 is 14.6 Å². The van der Waals surface area contributed by atoms with Crippen LogP contribution in [-0.2, 0) is 11.3 Å². The lowest BCUT2D eigenvalue weighted by Crippen LogP contribution is -2.46. The second-order valence-corrected chi connectivity index (χ2v) is 8.49. The van der Waals surface area contributed by atoms with Gasteiger partial charge in [-0.25, -0.2) is 0 Å². The van der Waals surface area contributed by atoms with E-state index in [4.69, 9.17) is 9.26 Å². The molecule has 1 fully saturated rings. The first-order valence-electron chi connectivity index (χ1n) is 11.2. The molecule has 2 heterocycles. The Morgan fingerprint density at radius 2 is 2.00 bits per heavy atom. The highest BCUT2D eigenvalue weighted by Crippen LogP contribution is 2.20. The smallest absolute Gasteiger partial charge is 0.241 e. The van der Waals surface area contributed by atoms with Crippen molar-refractivity contribution < 1.29 is 14.1 Å². The number of ether oxygens (including phenoxy) is 1. The number of aryl methyl sites for hydroxylation is 1. The summed E-state index contributed by atoms with van der Waals surface area (Å²) in [4.78, 5) is 19.5. The molecular formula is C25H30N4O3. The van der Waals surface area contributed by atoms with Crippen LogP contribution in [-0.4, -0.2) is 46.7 Å². The van der Waals surface area contributed by atoms with Crippen molar-refractivity contribution in [2.24, 2.45) is 5.92 Å². The zero-order chi connectivity index (χ0) is 22.3. The lowest BCUT2D eigenvalue weighted by molar-refractivity contribution is -0.127. The summed E-state index contributed by atoms with van der Waals surface area (Å²) in [5, 5.41) is 7.19. The summed E-state index contributed by atoms with van der Waals surface area (Å²) < 4.78 is 11.2. The molecular weight excluding hydrogens is 404 g/mol. The molecule has 0 spiro atoms. The van der Waals surface area contributed by atoms with E-state index in [1.54, 1.807) is 0 Å². The fourth-order valence-corrected chi connectivity index (χ4v) is 3.89. The fraction of sp³-hybridized carbons (Fsp3) is 0.400. The van der Waals surface area contributed by atoms with E-state index in [1.165, 1.54) is 5.56 Å². The monoisotopic (exact) mass is 434 g/mol. The zero-order valence-electron chi connectivity index (χ0n) is 18.7. The van der Waals surface area contributed by atoms with Gasteiger partial charge in [-0.15, -0.1) is 0 Å². The number of benzene rings is 2. The molecule has 0 bridgehead atoms. The number of likely N-dealkylation sites (tertiary alicyclic amines) is 1. The summed E-state index contributed by atoms with van der Waals surface area (Å²) in [7, 11) is 0. The minimum atomic E-state index is -0.0662. The van der Waals surface area contributed by atoms with Gasteiger partial charge in [0.25, 0.3) is 0 Å². The van der Waals surface area contributed by atoms with Crippen LogP contribution in [0.4, 0.5) is 0 Å². The fourth-order valence-electron chi connectivity index (χ4n) is 3.89. The summed E-state index contributed by atoms with van der Waals surface area (Å²) in [6, 6.07) is 17.6. The number of nitrogens with one attached hydrogen (secondary N) is 1. The van der Waals surface area contributed by atoms with E-state index in [0.29, 0.717) is 31.4 Å². The Morgan fingerprint density at radius 3 is 2.78 bits per heavy atom. The van der Waals surface area contributed by atoms with Crippen molar-refractivity contribution in [2.45, 2.75) is 39.3 Å². The summed E-state index contributed by atoms with van der Waals surface area (Å²) in [5.74, 6) is 2.00. The predicted octanol–water partition coefficient (Wildman–Crippen LogP) is 3.84. The Labute approximate surface area is 188 Å². The Bertz CT molecular complexity index is 1000. The highest BCUT2D eigenvalue weighted by atomic mass is 16.5. The van der Waals surface area contributed by atoms with Crippen molar-refractivity contribution >= 4 is 5.91 Å². The maximum absolute atomic E-state index is 12.8. The molecule has 32 heavy (non-hydrogen) atoms. The molecule has 0 saturated carbocycles. The van der Waals surface area contributed by atoms with Gasteiger partial charge >= 0.3 is 0 Å². The highest BCUT2D eigenvalue weighted by Gasteiger charge is 2.27. The van der Waals surface area contributed by atoms with E-state index >= 15 is 0 Å². The average molecular weight is 435 g/mol. The lowest BCUT2D eigenvalue weighted by atomic mass is 9.97. The maximum atomic E-state index is 12.8. The molecule has 2 unspecified atom stereocenters. The van der Waals surface area contributed by atoms with Gasteiger partial charge in [-0.1, -0.05) is 53.2 Å². The molecule has 4 rings (SSSR count). The van der Waals surface area contributed by atoms with Crippen LogP contribution in [0, 0.1) is 12.8 Å². The topological polar surface area (TPSA) is 80.5 Å². The quantitative estimate of drug-likeness (QED) is 0.580. The van der Waals surface area contributed by atoms with Crippen molar-refractivity contribution in [3.05, 3.63) is 66.1 Å². The number of aromatic nitrogens is 2. The van der Waals surface area contributed by atoms with E-state index in [0.717, 1.165) is 30.7 Å². The van der Waals surface area contributed by atoms with Crippen molar-refractivity contribution in [1.29, 1.82) is 0 Å². The van der Waals surface area contributed by atoms with Crippen LogP contribution in [0.15, 0.2) is 59.1 Å². The number of amides is 1. The number of hydrogen-bond acceptors (Lipinski definition) is 6. The van der Waals surface area contributed by atoms with Crippen LogP contribution >= 0.6 is 0 Å². The second kappa shape index (κ2) is 10.4. The Hall–Kier alpha value is -3.19. The number of rotatable bonds is 8. The summed E-state index contributed by atoms with van der Waals surface area (Å²) in [6.45, 7) is 6.60. The van der Waals surface area contributed by atoms with Gasteiger partial charge in [-0.3, -0.25) is 9.69 Å². The zero-order valence-corrected chi connectivity index (χ0v) is 18.7. The Kier molecular flexibility index (Phi) is 7.17. The third-order valence-electron chi connectivity index (χ3n) is 5.64. The summed E-state index contributed by atoms with van der Waals surface area (Å²) in [6.07, 6.45) is 1.85. The number of carbonyl (C=O) groups is 1. The molecule has 7 heteroatoms. The van der Waals surface area contributed by atoms with E-state index in [9.17, 15) is 4.79 Å². The molecule has 2 atom stereocenters. The molecule has 0 radical (unpaired) electrons. The van der Waals surface area contributed by atoms with E-state index in [1.807, 2.05) is 68.4 Å². The summed E-state index contributed by atoms with van der Waals surface area (Å²) >= 11 is 0.